The van der Waals surface area contributed by atoms with E-state index in [-0.39, 0.29) is 23.1 Å². The minimum atomic E-state index is -3.74. The van der Waals surface area contributed by atoms with Crippen LogP contribution < -0.4 is 0 Å². The standard InChI is InChI=1S/C24H29N5O5S/c1-16-4-10-21(11-5-16)35(31,32)34-15-19-8-6-18(7-9-19)14-29-27-23(26-28-29)20-12-17(2)25-22(13-20)24(30)33-3/h4-5,10-13,18-19H,6-9,14-15H2,1-3H3. The highest BCUT2D eigenvalue weighted by Gasteiger charge is 2.25. The Kier molecular flexibility index (Phi) is 7.56. The van der Waals surface area contributed by atoms with Crippen LogP contribution in [0.2, 0.25) is 0 Å². The predicted octanol–water partition coefficient (Wildman–Crippen LogP) is 3.35. The van der Waals surface area contributed by atoms with Crippen molar-refractivity contribution in [3.8, 4) is 11.4 Å². The lowest BCUT2D eigenvalue weighted by molar-refractivity contribution is 0.0594. The molecule has 11 heteroatoms. The molecule has 0 atom stereocenters. The summed E-state index contributed by atoms with van der Waals surface area (Å²) >= 11 is 0. The Morgan fingerprint density at radius 1 is 1.06 bits per heavy atom. The number of methoxy groups -OCH3 is 1. The van der Waals surface area contributed by atoms with Gasteiger partial charge in [0.1, 0.15) is 5.69 Å². The number of aromatic nitrogens is 5. The van der Waals surface area contributed by atoms with Crippen LogP contribution in [0.5, 0.6) is 0 Å². The van der Waals surface area contributed by atoms with Gasteiger partial charge in [-0.25, -0.2) is 9.78 Å². The average molecular weight is 500 g/mol. The van der Waals surface area contributed by atoms with E-state index < -0.39 is 16.1 Å². The van der Waals surface area contributed by atoms with Crippen molar-refractivity contribution >= 4 is 16.1 Å². The summed E-state index contributed by atoms with van der Waals surface area (Å²) in [7, 11) is -2.43. The number of hydrogen-bond donors (Lipinski definition) is 0. The number of rotatable bonds is 8. The zero-order valence-corrected chi connectivity index (χ0v) is 20.9. The molecule has 35 heavy (non-hydrogen) atoms. The summed E-state index contributed by atoms with van der Waals surface area (Å²) in [5, 5.41) is 12.8. The maximum absolute atomic E-state index is 12.4. The van der Waals surface area contributed by atoms with Crippen LogP contribution in [0, 0.1) is 25.7 Å². The maximum atomic E-state index is 12.4. The van der Waals surface area contributed by atoms with E-state index in [4.69, 9.17) is 8.92 Å². The van der Waals surface area contributed by atoms with Crippen LogP contribution in [-0.4, -0.2) is 53.3 Å². The highest BCUT2D eigenvalue weighted by molar-refractivity contribution is 7.86. The summed E-state index contributed by atoms with van der Waals surface area (Å²) in [6, 6.07) is 10.1. The topological polar surface area (TPSA) is 126 Å². The molecule has 3 aromatic rings. The Morgan fingerprint density at radius 3 is 2.43 bits per heavy atom. The highest BCUT2D eigenvalue weighted by Crippen LogP contribution is 2.30. The molecule has 1 aromatic carbocycles. The number of aryl methyl sites for hydroxylation is 2. The molecule has 186 valence electrons. The molecule has 0 saturated heterocycles. The smallest absolute Gasteiger partial charge is 0.356 e. The van der Waals surface area contributed by atoms with Crippen LogP contribution in [-0.2, 0) is 25.6 Å². The Morgan fingerprint density at radius 2 is 1.74 bits per heavy atom. The molecule has 4 rings (SSSR count). The number of tetrazole rings is 1. The van der Waals surface area contributed by atoms with Gasteiger partial charge in [-0.2, -0.15) is 13.2 Å². The number of carbonyl (C=O) groups excluding carboxylic acids is 1. The summed E-state index contributed by atoms with van der Waals surface area (Å²) in [6.07, 6.45) is 3.61. The first-order valence-electron chi connectivity index (χ1n) is 11.5. The second-order valence-corrected chi connectivity index (χ2v) is 10.6. The highest BCUT2D eigenvalue weighted by atomic mass is 32.2. The van der Waals surface area contributed by atoms with Gasteiger partial charge in [-0.05, 0) is 80.8 Å². The van der Waals surface area contributed by atoms with E-state index in [1.807, 2.05) is 6.92 Å². The van der Waals surface area contributed by atoms with Crippen LogP contribution in [0.4, 0.5) is 0 Å². The fourth-order valence-corrected chi connectivity index (χ4v) is 5.19. The minimum absolute atomic E-state index is 0.188. The summed E-state index contributed by atoms with van der Waals surface area (Å²) in [5.74, 6) is 0.466. The van der Waals surface area contributed by atoms with Gasteiger partial charge in [0.2, 0.25) is 5.82 Å². The van der Waals surface area contributed by atoms with Gasteiger partial charge in [-0.3, -0.25) is 4.18 Å². The second kappa shape index (κ2) is 10.6. The number of carbonyl (C=O) groups is 1. The van der Waals surface area contributed by atoms with Gasteiger partial charge in [0.05, 0.1) is 25.2 Å². The van der Waals surface area contributed by atoms with Gasteiger partial charge in [0, 0.05) is 11.3 Å². The number of nitrogens with zero attached hydrogens (tertiary/aromatic N) is 5. The molecule has 1 fully saturated rings. The number of hydrogen-bond acceptors (Lipinski definition) is 9. The zero-order valence-electron chi connectivity index (χ0n) is 20.0. The fraction of sp³-hybridized carbons (Fsp3) is 0.458. The van der Waals surface area contributed by atoms with Gasteiger partial charge >= 0.3 is 5.97 Å². The number of benzene rings is 1. The van der Waals surface area contributed by atoms with E-state index in [9.17, 15) is 13.2 Å². The van der Waals surface area contributed by atoms with Crippen molar-refractivity contribution in [3.63, 3.8) is 0 Å². The molecule has 0 spiro atoms. The summed E-state index contributed by atoms with van der Waals surface area (Å²) in [4.78, 5) is 17.8. The Bertz CT molecular complexity index is 1280. The first-order valence-corrected chi connectivity index (χ1v) is 13.0. The van der Waals surface area contributed by atoms with E-state index in [0.717, 1.165) is 31.2 Å². The summed E-state index contributed by atoms with van der Waals surface area (Å²) < 4.78 is 35.0. The largest absolute Gasteiger partial charge is 0.464 e. The number of pyridine rings is 1. The number of esters is 1. The van der Waals surface area contributed by atoms with Crippen molar-refractivity contribution in [2.45, 2.75) is 51.0 Å². The Balaban J connectivity index is 1.30. The lowest BCUT2D eigenvalue weighted by Gasteiger charge is -2.27. The fourth-order valence-electron chi connectivity index (χ4n) is 4.21. The second-order valence-electron chi connectivity index (χ2n) is 8.98. The molecule has 0 bridgehead atoms. The van der Waals surface area contributed by atoms with Crippen molar-refractivity contribution < 1.29 is 22.1 Å². The van der Waals surface area contributed by atoms with Crippen molar-refractivity contribution in [2.24, 2.45) is 11.8 Å². The van der Waals surface area contributed by atoms with Crippen LogP contribution in [0.15, 0.2) is 41.3 Å². The molecule has 2 heterocycles. The molecule has 1 aliphatic rings. The molecule has 0 N–H and O–H groups in total. The van der Waals surface area contributed by atoms with E-state index >= 15 is 0 Å². The molecular formula is C24H29N5O5S. The Labute approximate surface area is 204 Å². The van der Waals surface area contributed by atoms with E-state index in [1.165, 1.54) is 7.11 Å². The lowest BCUT2D eigenvalue weighted by atomic mass is 9.82. The van der Waals surface area contributed by atoms with E-state index in [2.05, 4.69) is 20.4 Å². The third-order valence-electron chi connectivity index (χ3n) is 6.22. The van der Waals surface area contributed by atoms with Crippen molar-refractivity contribution in [2.75, 3.05) is 13.7 Å². The van der Waals surface area contributed by atoms with Gasteiger partial charge < -0.3 is 4.74 Å². The quantitative estimate of drug-likeness (QED) is 0.339. The van der Waals surface area contributed by atoms with Crippen molar-refractivity contribution in [1.82, 2.24) is 25.2 Å². The maximum Gasteiger partial charge on any atom is 0.356 e. The average Bonchev–Trinajstić information content (AvgIpc) is 3.31. The predicted molar refractivity (Wildman–Crippen MR) is 127 cm³/mol. The summed E-state index contributed by atoms with van der Waals surface area (Å²) in [5.41, 5.74) is 2.51. The summed E-state index contributed by atoms with van der Waals surface area (Å²) in [6.45, 7) is 4.51. The molecular weight excluding hydrogens is 470 g/mol. The van der Waals surface area contributed by atoms with Crippen LogP contribution in [0.1, 0.15) is 47.4 Å². The Hall–Kier alpha value is -3.18. The SMILES string of the molecule is COC(=O)c1cc(-c2nnn(CC3CCC(COS(=O)(=O)c4ccc(C)cc4)CC3)n2)cc(C)n1. The van der Waals surface area contributed by atoms with Gasteiger partial charge in [0.25, 0.3) is 10.1 Å². The van der Waals surface area contributed by atoms with E-state index in [1.54, 1.807) is 48.1 Å². The first kappa shape index (κ1) is 24.9. The van der Waals surface area contributed by atoms with Crippen molar-refractivity contribution in [1.29, 1.82) is 0 Å². The third kappa shape index (κ3) is 6.29. The van der Waals surface area contributed by atoms with Gasteiger partial charge in [-0.1, -0.05) is 17.7 Å². The van der Waals surface area contributed by atoms with Crippen LogP contribution in [0.3, 0.4) is 0 Å². The first-order chi connectivity index (χ1) is 16.7. The van der Waals surface area contributed by atoms with Gasteiger partial charge in [-0.15, -0.1) is 10.2 Å². The van der Waals surface area contributed by atoms with Crippen molar-refractivity contribution in [3.05, 3.63) is 53.3 Å². The van der Waals surface area contributed by atoms with Crippen LogP contribution >= 0.6 is 0 Å². The van der Waals surface area contributed by atoms with E-state index in [0.29, 0.717) is 29.5 Å². The van der Waals surface area contributed by atoms with Gasteiger partial charge in [0.15, 0.2) is 0 Å². The normalized spacial score (nSPS) is 18.4. The molecule has 0 aliphatic heterocycles. The monoisotopic (exact) mass is 499 g/mol. The molecule has 0 amide bonds. The molecule has 1 aliphatic carbocycles. The molecule has 0 radical (unpaired) electrons. The lowest BCUT2D eigenvalue weighted by Crippen LogP contribution is -2.23. The molecule has 0 unspecified atom stereocenters. The zero-order chi connectivity index (χ0) is 25.0. The number of ether oxygens (including phenoxy) is 1. The molecule has 10 nitrogen and oxygen atoms in total. The minimum Gasteiger partial charge on any atom is -0.464 e. The van der Waals surface area contributed by atoms with Crippen LogP contribution in [0.25, 0.3) is 11.4 Å². The molecule has 1 saturated carbocycles. The molecule has 2 aromatic heterocycles. The third-order valence-corrected chi connectivity index (χ3v) is 7.51.